The molecule has 0 aromatic rings. The van der Waals surface area contributed by atoms with Crippen LogP contribution in [0.25, 0.3) is 0 Å². The van der Waals surface area contributed by atoms with Crippen LogP contribution in [0, 0.1) is 17.8 Å². The molecule has 0 radical (unpaired) electrons. The van der Waals surface area contributed by atoms with Gasteiger partial charge >= 0.3 is 5.97 Å². The van der Waals surface area contributed by atoms with Crippen molar-refractivity contribution in [3.63, 3.8) is 0 Å². The number of carbonyl (C=O) groups is 2. The van der Waals surface area contributed by atoms with Gasteiger partial charge in [-0.25, -0.2) is 0 Å². The molecule has 2 rings (SSSR count). The molecule has 1 N–H and O–H groups in total. The number of fused-ring (bicyclic) bond motifs is 1. The normalized spacial score (nSPS) is 31.9. The number of carboxylic acid groups (broad SMARTS) is 1. The second-order valence-corrected chi connectivity index (χ2v) is 7.74. The van der Waals surface area contributed by atoms with Gasteiger partial charge in [0.15, 0.2) is 0 Å². The minimum atomic E-state index is -0.671. The van der Waals surface area contributed by atoms with Gasteiger partial charge in [-0.15, -0.1) is 0 Å². The largest absolute Gasteiger partial charge is 0.481 e. The Morgan fingerprint density at radius 1 is 1.14 bits per heavy atom. The van der Waals surface area contributed by atoms with Crippen LogP contribution in [0.3, 0.4) is 0 Å². The first kappa shape index (κ1) is 16.3. The summed E-state index contributed by atoms with van der Waals surface area (Å²) in [7, 11) is 0. The lowest BCUT2D eigenvalue weighted by Crippen LogP contribution is -2.55. The zero-order valence-corrected chi connectivity index (χ0v) is 13.6. The van der Waals surface area contributed by atoms with Gasteiger partial charge < -0.3 is 10.0 Å². The second-order valence-electron chi connectivity index (χ2n) is 7.74. The maximum Gasteiger partial charge on any atom is 0.306 e. The van der Waals surface area contributed by atoms with Gasteiger partial charge in [0.2, 0.25) is 5.91 Å². The fourth-order valence-corrected chi connectivity index (χ4v) is 4.01. The van der Waals surface area contributed by atoms with Crippen molar-refractivity contribution in [2.45, 2.75) is 71.3 Å². The molecule has 1 heterocycles. The van der Waals surface area contributed by atoms with E-state index in [1.165, 1.54) is 6.42 Å². The Bertz CT molecular complexity index is 399. The third-order valence-electron chi connectivity index (χ3n) is 5.22. The van der Waals surface area contributed by atoms with Crippen LogP contribution in [0.2, 0.25) is 0 Å². The Kier molecular flexibility index (Phi) is 4.95. The number of carbonyl (C=O) groups excluding carboxylic acids is 1. The third-order valence-corrected chi connectivity index (χ3v) is 5.22. The highest BCUT2D eigenvalue weighted by atomic mass is 16.4. The number of aliphatic carboxylic acids is 1. The zero-order chi connectivity index (χ0) is 15.6. The smallest absolute Gasteiger partial charge is 0.306 e. The van der Waals surface area contributed by atoms with Crippen LogP contribution in [0.5, 0.6) is 0 Å². The highest BCUT2D eigenvalue weighted by Gasteiger charge is 2.43. The van der Waals surface area contributed by atoms with Gasteiger partial charge in [-0.1, -0.05) is 25.7 Å². The SMILES string of the molecule is CC(C)(C)N1CC2C(CCCCCCC2C(=O)O)CC1=O. The van der Waals surface area contributed by atoms with E-state index in [4.69, 9.17) is 0 Å². The molecule has 1 saturated heterocycles. The molecule has 0 spiro atoms. The quantitative estimate of drug-likeness (QED) is 0.807. The van der Waals surface area contributed by atoms with E-state index in [2.05, 4.69) is 0 Å². The van der Waals surface area contributed by atoms with E-state index >= 15 is 0 Å². The number of piperidine rings is 1. The van der Waals surface area contributed by atoms with Crippen molar-refractivity contribution in [1.29, 1.82) is 0 Å². The van der Waals surface area contributed by atoms with Crippen LogP contribution in [0.4, 0.5) is 0 Å². The molecule has 1 aliphatic heterocycles. The first-order valence-corrected chi connectivity index (χ1v) is 8.34. The topological polar surface area (TPSA) is 57.6 Å². The maximum atomic E-state index is 12.4. The summed E-state index contributed by atoms with van der Waals surface area (Å²) in [6.45, 7) is 6.73. The Morgan fingerprint density at radius 3 is 2.33 bits per heavy atom. The lowest BCUT2D eigenvalue weighted by Gasteiger charge is -2.46. The Balaban J connectivity index is 2.25. The van der Waals surface area contributed by atoms with Crippen molar-refractivity contribution >= 4 is 11.9 Å². The van der Waals surface area contributed by atoms with Gasteiger partial charge in [-0.2, -0.15) is 0 Å². The van der Waals surface area contributed by atoms with Gasteiger partial charge in [-0.3, -0.25) is 9.59 Å². The third kappa shape index (κ3) is 3.78. The van der Waals surface area contributed by atoms with Crippen LogP contribution in [-0.2, 0) is 9.59 Å². The summed E-state index contributed by atoms with van der Waals surface area (Å²) in [6.07, 6.45) is 6.75. The lowest BCUT2D eigenvalue weighted by molar-refractivity contribution is -0.153. The Hall–Kier alpha value is -1.06. The molecule has 21 heavy (non-hydrogen) atoms. The fraction of sp³-hybridized carbons (Fsp3) is 0.882. The van der Waals surface area contributed by atoms with Crippen molar-refractivity contribution in [2.24, 2.45) is 17.8 Å². The summed E-state index contributed by atoms with van der Waals surface area (Å²) in [4.78, 5) is 26.1. The van der Waals surface area contributed by atoms with E-state index in [0.717, 1.165) is 32.1 Å². The lowest BCUT2D eigenvalue weighted by atomic mass is 9.73. The van der Waals surface area contributed by atoms with Crippen LogP contribution >= 0.6 is 0 Å². The molecule has 120 valence electrons. The highest BCUT2D eigenvalue weighted by molar-refractivity contribution is 5.79. The van der Waals surface area contributed by atoms with Gasteiger partial charge in [0, 0.05) is 18.5 Å². The summed E-state index contributed by atoms with van der Waals surface area (Å²) in [6, 6.07) is 0. The molecule has 4 heteroatoms. The molecule has 0 aromatic heterocycles. The molecule has 1 aliphatic carbocycles. The number of hydrogen-bond donors (Lipinski definition) is 1. The van der Waals surface area contributed by atoms with Crippen LogP contribution < -0.4 is 0 Å². The first-order valence-electron chi connectivity index (χ1n) is 8.34. The van der Waals surface area contributed by atoms with Crippen molar-refractivity contribution in [2.75, 3.05) is 6.54 Å². The van der Waals surface area contributed by atoms with Crippen molar-refractivity contribution in [3.05, 3.63) is 0 Å². The summed E-state index contributed by atoms with van der Waals surface area (Å²) in [5.41, 5.74) is -0.219. The summed E-state index contributed by atoms with van der Waals surface area (Å²) >= 11 is 0. The Labute approximate surface area is 127 Å². The van der Waals surface area contributed by atoms with E-state index in [9.17, 15) is 14.7 Å². The first-order chi connectivity index (χ1) is 9.80. The number of hydrogen-bond acceptors (Lipinski definition) is 2. The predicted molar refractivity (Wildman–Crippen MR) is 81.9 cm³/mol. The standard InChI is InChI=1S/C17H29NO3/c1-17(2,3)18-11-14-12(10-15(18)19)8-6-4-5-7-9-13(14)16(20)21/h12-14H,4-11H2,1-3H3,(H,20,21). The molecule has 4 nitrogen and oxygen atoms in total. The molecule has 0 bridgehead atoms. The molecule has 1 saturated carbocycles. The number of nitrogens with zero attached hydrogens (tertiary/aromatic N) is 1. The van der Waals surface area contributed by atoms with Gasteiger partial charge in [-0.05, 0) is 45.4 Å². The minimum Gasteiger partial charge on any atom is -0.481 e. The van der Waals surface area contributed by atoms with Crippen LogP contribution in [0.1, 0.15) is 65.7 Å². The summed E-state index contributed by atoms with van der Waals surface area (Å²) < 4.78 is 0. The van der Waals surface area contributed by atoms with Crippen molar-refractivity contribution in [1.82, 2.24) is 4.90 Å². The average molecular weight is 295 g/mol. The maximum absolute atomic E-state index is 12.4. The number of rotatable bonds is 1. The van der Waals surface area contributed by atoms with E-state index < -0.39 is 5.97 Å². The molecular formula is C17H29NO3. The van der Waals surface area contributed by atoms with E-state index in [1.807, 2.05) is 25.7 Å². The van der Waals surface area contributed by atoms with Gasteiger partial charge in [0.1, 0.15) is 0 Å². The monoisotopic (exact) mass is 295 g/mol. The molecule has 1 amide bonds. The molecule has 3 atom stereocenters. The van der Waals surface area contributed by atoms with Gasteiger partial charge in [0.25, 0.3) is 0 Å². The zero-order valence-electron chi connectivity index (χ0n) is 13.6. The molecule has 3 unspecified atom stereocenters. The highest BCUT2D eigenvalue weighted by Crippen LogP contribution is 2.39. The van der Waals surface area contributed by atoms with Crippen molar-refractivity contribution < 1.29 is 14.7 Å². The Morgan fingerprint density at radius 2 is 1.76 bits per heavy atom. The molecule has 0 aromatic carbocycles. The van der Waals surface area contributed by atoms with Gasteiger partial charge in [0.05, 0.1) is 5.92 Å². The molecular weight excluding hydrogens is 266 g/mol. The summed E-state index contributed by atoms with van der Waals surface area (Å²) in [5.74, 6) is -0.374. The van der Waals surface area contributed by atoms with E-state index in [-0.39, 0.29) is 29.2 Å². The molecule has 2 fully saturated rings. The van der Waals surface area contributed by atoms with Crippen LogP contribution in [-0.4, -0.2) is 34.0 Å². The molecule has 2 aliphatic rings. The minimum absolute atomic E-state index is 0.123. The fourth-order valence-electron chi connectivity index (χ4n) is 4.01. The average Bonchev–Trinajstić information content (AvgIpc) is 2.46. The van der Waals surface area contributed by atoms with Crippen LogP contribution in [0.15, 0.2) is 0 Å². The van der Waals surface area contributed by atoms with E-state index in [0.29, 0.717) is 13.0 Å². The number of carboxylic acids is 1. The van der Waals surface area contributed by atoms with Crippen molar-refractivity contribution in [3.8, 4) is 0 Å². The summed E-state index contributed by atoms with van der Waals surface area (Å²) in [5, 5.41) is 9.64. The van der Waals surface area contributed by atoms with E-state index in [1.54, 1.807) is 0 Å². The number of likely N-dealkylation sites (tertiary alicyclic amines) is 1. The number of amides is 1. The predicted octanol–water partition coefficient (Wildman–Crippen LogP) is 3.30. The second kappa shape index (κ2) is 6.37.